The number of hydrogen-bond donors (Lipinski definition) is 1. The fourth-order valence-electron chi connectivity index (χ4n) is 2.88. The summed E-state index contributed by atoms with van der Waals surface area (Å²) >= 11 is 2.67. The Kier molecular flexibility index (Phi) is 5.05. The number of nitrogens with zero attached hydrogens (tertiary/aromatic N) is 4. The highest BCUT2D eigenvalue weighted by Gasteiger charge is 2.17. The smallest absolute Gasteiger partial charge is 0.272 e. The van der Waals surface area contributed by atoms with E-state index in [1.807, 2.05) is 22.8 Å². The van der Waals surface area contributed by atoms with Crippen LogP contribution < -0.4 is 15.6 Å². The Morgan fingerprint density at radius 3 is 2.75 bits per heavy atom. The number of aromatic nitrogens is 4. The van der Waals surface area contributed by atoms with Gasteiger partial charge in [-0.2, -0.15) is 0 Å². The first-order chi connectivity index (χ1) is 13.6. The van der Waals surface area contributed by atoms with E-state index in [2.05, 4.69) is 15.5 Å². The van der Waals surface area contributed by atoms with Crippen molar-refractivity contribution in [2.24, 2.45) is 0 Å². The Morgan fingerprint density at radius 1 is 1.25 bits per heavy atom. The molecule has 0 saturated heterocycles. The number of amides is 1. The van der Waals surface area contributed by atoms with Crippen molar-refractivity contribution in [2.45, 2.75) is 18.6 Å². The van der Waals surface area contributed by atoms with Gasteiger partial charge in [0.1, 0.15) is 10.4 Å². The highest BCUT2D eigenvalue weighted by atomic mass is 32.2. The summed E-state index contributed by atoms with van der Waals surface area (Å²) in [5.74, 6) is 1.22. The third kappa shape index (κ3) is 3.25. The fraction of sp³-hybridized carbons (Fsp3) is 0.222. The average molecular weight is 416 g/mol. The topological polar surface area (TPSA) is 90.5 Å². The van der Waals surface area contributed by atoms with E-state index >= 15 is 0 Å². The molecule has 3 heterocycles. The lowest BCUT2D eigenvalue weighted by Gasteiger charge is -2.07. The molecule has 0 aliphatic carbocycles. The first kappa shape index (κ1) is 18.5. The van der Waals surface area contributed by atoms with Gasteiger partial charge in [0.05, 0.1) is 18.4 Å². The highest BCUT2D eigenvalue weighted by molar-refractivity contribution is 7.99. The molecule has 0 bridgehead atoms. The molecule has 1 aromatic carbocycles. The van der Waals surface area contributed by atoms with Gasteiger partial charge in [-0.1, -0.05) is 11.8 Å². The van der Waals surface area contributed by atoms with Crippen molar-refractivity contribution in [3.05, 3.63) is 46.1 Å². The third-order valence-electron chi connectivity index (χ3n) is 4.20. The van der Waals surface area contributed by atoms with E-state index in [-0.39, 0.29) is 17.2 Å². The first-order valence-corrected chi connectivity index (χ1v) is 10.4. The van der Waals surface area contributed by atoms with Crippen LogP contribution in [0.1, 0.15) is 6.92 Å². The zero-order chi connectivity index (χ0) is 19.7. The van der Waals surface area contributed by atoms with Gasteiger partial charge in [0.15, 0.2) is 5.16 Å². The van der Waals surface area contributed by atoms with Crippen LogP contribution >= 0.6 is 23.1 Å². The number of carbonyl (C=O) groups excluding carboxylic acids is 1. The highest BCUT2D eigenvalue weighted by Crippen LogP contribution is 2.24. The molecule has 0 fully saturated rings. The third-order valence-corrected chi connectivity index (χ3v) is 6.03. The largest absolute Gasteiger partial charge is 0.497 e. The van der Waals surface area contributed by atoms with Crippen molar-refractivity contribution in [1.29, 1.82) is 0 Å². The molecule has 0 unspecified atom stereocenters. The van der Waals surface area contributed by atoms with Gasteiger partial charge in [-0.3, -0.25) is 18.6 Å². The monoisotopic (exact) mass is 415 g/mol. The average Bonchev–Trinajstić information content (AvgIpc) is 3.34. The lowest BCUT2D eigenvalue weighted by Crippen LogP contribution is -2.21. The maximum absolute atomic E-state index is 12.6. The Bertz CT molecular complexity index is 1210. The summed E-state index contributed by atoms with van der Waals surface area (Å²) in [7, 11) is 1.59. The molecule has 4 rings (SSSR count). The van der Waals surface area contributed by atoms with E-state index in [1.54, 1.807) is 35.9 Å². The maximum Gasteiger partial charge on any atom is 0.272 e. The maximum atomic E-state index is 12.6. The Labute approximate surface area is 168 Å². The number of nitrogens with one attached hydrogen (secondary N) is 1. The molecule has 0 aliphatic heterocycles. The summed E-state index contributed by atoms with van der Waals surface area (Å²) < 4.78 is 9.19. The van der Waals surface area contributed by atoms with Crippen molar-refractivity contribution in [3.8, 4) is 5.75 Å². The van der Waals surface area contributed by atoms with Gasteiger partial charge in [0, 0.05) is 12.2 Å². The van der Waals surface area contributed by atoms with Gasteiger partial charge in [-0.25, -0.2) is 0 Å². The number of thioether (sulfide) groups is 1. The second-order valence-electron chi connectivity index (χ2n) is 5.87. The Morgan fingerprint density at radius 2 is 2.04 bits per heavy atom. The van der Waals surface area contributed by atoms with Gasteiger partial charge in [-0.05, 0) is 42.6 Å². The van der Waals surface area contributed by atoms with E-state index in [1.165, 1.54) is 23.1 Å². The molecule has 0 aliphatic rings. The van der Waals surface area contributed by atoms with Crippen molar-refractivity contribution < 1.29 is 9.53 Å². The summed E-state index contributed by atoms with van der Waals surface area (Å²) in [6, 6.07) is 9.00. The quantitative estimate of drug-likeness (QED) is 0.487. The molecule has 4 aromatic rings. The van der Waals surface area contributed by atoms with Gasteiger partial charge in [-0.15, -0.1) is 21.5 Å². The van der Waals surface area contributed by atoms with Gasteiger partial charge >= 0.3 is 0 Å². The minimum atomic E-state index is -0.155. The second kappa shape index (κ2) is 7.64. The van der Waals surface area contributed by atoms with E-state index in [0.717, 1.165) is 11.3 Å². The number of fused-ring (bicyclic) bond motifs is 3. The van der Waals surface area contributed by atoms with Crippen molar-refractivity contribution >= 4 is 50.7 Å². The van der Waals surface area contributed by atoms with Crippen LogP contribution in [0.3, 0.4) is 0 Å². The molecule has 10 heteroatoms. The van der Waals surface area contributed by atoms with Gasteiger partial charge < -0.3 is 10.1 Å². The van der Waals surface area contributed by atoms with Crippen LogP contribution in [0.4, 0.5) is 5.69 Å². The van der Waals surface area contributed by atoms with Gasteiger partial charge in [0.2, 0.25) is 11.7 Å². The van der Waals surface area contributed by atoms with Crippen LogP contribution in [0.25, 0.3) is 16.0 Å². The molecule has 1 amide bonds. The number of carbonyl (C=O) groups is 1. The zero-order valence-electron chi connectivity index (χ0n) is 15.2. The minimum Gasteiger partial charge on any atom is -0.497 e. The number of anilines is 1. The molecule has 0 radical (unpaired) electrons. The molecule has 3 aromatic heterocycles. The number of benzene rings is 1. The molecule has 8 nitrogen and oxygen atoms in total. The molecule has 0 saturated carbocycles. The molecular weight excluding hydrogens is 398 g/mol. The molecule has 1 N–H and O–H groups in total. The lowest BCUT2D eigenvalue weighted by atomic mass is 10.3. The molecule has 144 valence electrons. The molecule has 0 atom stereocenters. The first-order valence-electron chi connectivity index (χ1n) is 8.54. The fourth-order valence-corrected chi connectivity index (χ4v) is 4.44. The number of aryl methyl sites for hydroxylation is 1. The lowest BCUT2D eigenvalue weighted by molar-refractivity contribution is -0.113. The van der Waals surface area contributed by atoms with Crippen molar-refractivity contribution in [3.63, 3.8) is 0 Å². The van der Waals surface area contributed by atoms with E-state index < -0.39 is 0 Å². The molecule has 28 heavy (non-hydrogen) atoms. The zero-order valence-corrected chi connectivity index (χ0v) is 16.8. The van der Waals surface area contributed by atoms with Crippen LogP contribution in [0.5, 0.6) is 5.75 Å². The van der Waals surface area contributed by atoms with Crippen molar-refractivity contribution in [1.82, 2.24) is 19.2 Å². The normalized spacial score (nSPS) is 11.2. The number of thiophene rings is 1. The number of hydrogen-bond acceptors (Lipinski definition) is 7. The summed E-state index contributed by atoms with van der Waals surface area (Å²) in [4.78, 5) is 24.9. The molecular formula is C18H17N5O3S2. The Hall–Kier alpha value is -2.85. The van der Waals surface area contributed by atoms with Crippen LogP contribution in [0.2, 0.25) is 0 Å². The Balaban J connectivity index is 1.57. The van der Waals surface area contributed by atoms with Crippen molar-refractivity contribution in [2.75, 3.05) is 18.2 Å². The summed E-state index contributed by atoms with van der Waals surface area (Å²) in [5, 5.41) is 13.7. The predicted molar refractivity (Wildman–Crippen MR) is 111 cm³/mol. The molecule has 0 spiro atoms. The SMILES string of the molecule is CCn1c(=O)c2sccc2n2c(SCC(=O)Nc3ccc(OC)cc3)nnc12. The van der Waals surface area contributed by atoms with Gasteiger partial charge in [0.25, 0.3) is 5.56 Å². The second-order valence-corrected chi connectivity index (χ2v) is 7.73. The standard InChI is InChI=1S/C18H17N5O3S2/c1-3-22-16(25)15-13(8-9-27-15)23-17(22)20-21-18(23)28-10-14(24)19-11-4-6-12(26-2)7-5-11/h4-9H,3,10H2,1-2H3,(H,19,24). The van der Waals surface area contributed by atoms with Crippen LogP contribution in [-0.2, 0) is 11.3 Å². The number of methoxy groups -OCH3 is 1. The predicted octanol–water partition coefficient (Wildman–Crippen LogP) is 2.87. The minimum absolute atomic E-state index is 0.0683. The van der Waals surface area contributed by atoms with E-state index in [0.29, 0.717) is 27.9 Å². The van der Waals surface area contributed by atoms with Crippen LogP contribution in [0.15, 0.2) is 45.7 Å². The van der Waals surface area contributed by atoms with Crippen LogP contribution in [-0.4, -0.2) is 37.9 Å². The summed E-state index contributed by atoms with van der Waals surface area (Å²) in [5.41, 5.74) is 1.39. The number of ether oxygens (including phenoxy) is 1. The van der Waals surface area contributed by atoms with Crippen LogP contribution in [0, 0.1) is 0 Å². The summed E-state index contributed by atoms with van der Waals surface area (Å²) in [6.07, 6.45) is 0. The van der Waals surface area contributed by atoms with E-state index in [4.69, 9.17) is 4.74 Å². The van der Waals surface area contributed by atoms with E-state index in [9.17, 15) is 9.59 Å². The number of rotatable bonds is 6. The summed E-state index contributed by atoms with van der Waals surface area (Å²) in [6.45, 7) is 2.39.